The van der Waals surface area contributed by atoms with Gasteiger partial charge in [0.15, 0.2) is 0 Å². The SMILES string of the molecule is CC(C)C1CC(NC2CCCC2)(C(N)=O)C1. The first-order valence-electron chi connectivity index (χ1n) is 6.61. The summed E-state index contributed by atoms with van der Waals surface area (Å²) in [5.41, 5.74) is 5.20. The molecule has 0 aliphatic heterocycles. The summed E-state index contributed by atoms with van der Waals surface area (Å²) in [6.45, 7) is 4.45. The minimum Gasteiger partial charge on any atom is -0.368 e. The number of amides is 1. The number of primary amides is 1. The fraction of sp³-hybridized carbons (Fsp3) is 0.923. The Kier molecular flexibility index (Phi) is 3.24. The summed E-state index contributed by atoms with van der Waals surface area (Å²) in [5.74, 6) is 1.19. The molecule has 0 radical (unpaired) electrons. The van der Waals surface area contributed by atoms with E-state index >= 15 is 0 Å². The van der Waals surface area contributed by atoms with Gasteiger partial charge in [-0.2, -0.15) is 0 Å². The van der Waals surface area contributed by atoms with Crippen LogP contribution in [0.15, 0.2) is 0 Å². The number of nitrogens with two attached hydrogens (primary N) is 1. The molecule has 2 rings (SSSR count). The van der Waals surface area contributed by atoms with E-state index in [9.17, 15) is 4.79 Å². The molecule has 2 aliphatic carbocycles. The van der Waals surface area contributed by atoms with Gasteiger partial charge >= 0.3 is 0 Å². The van der Waals surface area contributed by atoms with Crippen molar-refractivity contribution in [3.63, 3.8) is 0 Å². The lowest BCUT2D eigenvalue weighted by Crippen LogP contribution is -2.66. The maximum absolute atomic E-state index is 11.6. The zero-order valence-electron chi connectivity index (χ0n) is 10.5. The van der Waals surface area contributed by atoms with Crippen LogP contribution in [0, 0.1) is 11.8 Å². The van der Waals surface area contributed by atoms with E-state index in [1.54, 1.807) is 0 Å². The summed E-state index contributed by atoms with van der Waals surface area (Å²) >= 11 is 0. The number of carbonyl (C=O) groups is 1. The molecule has 2 aliphatic rings. The van der Waals surface area contributed by atoms with Crippen LogP contribution in [0.2, 0.25) is 0 Å². The van der Waals surface area contributed by atoms with Gasteiger partial charge in [-0.05, 0) is 37.5 Å². The summed E-state index contributed by atoms with van der Waals surface area (Å²) in [5, 5.41) is 3.54. The molecule has 3 heteroatoms. The maximum Gasteiger partial charge on any atom is 0.237 e. The van der Waals surface area contributed by atoms with Crippen molar-refractivity contribution in [2.24, 2.45) is 17.6 Å². The summed E-state index contributed by atoms with van der Waals surface area (Å²) < 4.78 is 0. The molecule has 0 saturated heterocycles. The van der Waals surface area contributed by atoms with Crippen LogP contribution in [0.4, 0.5) is 0 Å². The van der Waals surface area contributed by atoms with Crippen molar-refractivity contribution in [3.05, 3.63) is 0 Å². The summed E-state index contributed by atoms with van der Waals surface area (Å²) in [6, 6.07) is 0.528. The number of hydrogen-bond acceptors (Lipinski definition) is 2. The van der Waals surface area contributed by atoms with Gasteiger partial charge in [0.05, 0.1) is 5.54 Å². The van der Waals surface area contributed by atoms with Crippen LogP contribution in [0.1, 0.15) is 52.4 Å². The monoisotopic (exact) mass is 224 g/mol. The molecule has 3 nitrogen and oxygen atoms in total. The second-order valence-electron chi connectivity index (χ2n) is 5.98. The molecule has 0 unspecified atom stereocenters. The Morgan fingerprint density at radius 1 is 1.31 bits per heavy atom. The van der Waals surface area contributed by atoms with Crippen molar-refractivity contribution in [3.8, 4) is 0 Å². The van der Waals surface area contributed by atoms with E-state index in [1.807, 2.05) is 0 Å². The lowest BCUT2D eigenvalue weighted by atomic mass is 9.63. The second kappa shape index (κ2) is 4.36. The molecule has 0 aromatic carbocycles. The minimum absolute atomic E-state index is 0.142. The van der Waals surface area contributed by atoms with Crippen molar-refractivity contribution in [2.45, 2.75) is 64.0 Å². The Hall–Kier alpha value is -0.570. The summed E-state index contributed by atoms with van der Waals surface area (Å²) in [6.07, 6.45) is 6.88. The topological polar surface area (TPSA) is 55.1 Å². The van der Waals surface area contributed by atoms with Gasteiger partial charge in [0.25, 0.3) is 0 Å². The molecular formula is C13H24N2O. The molecular weight excluding hydrogens is 200 g/mol. The van der Waals surface area contributed by atoms with Crippen LogP contribution in [-0.2, 0) is 4.79 Å². The zero-order chi connectivity index (χ0) is 11.8. The van der Waals surface area contributed by atoms with Crippen LogP contribution in [0.5, 0.6) is 0 Å². The predicted molar refractivity (Wildman–Crippen MR) is 64.9 cm³/mol. The number of nitrogens with one attached hydrogen (secondary N) is 1. The Bertz CT molecular complexity index is 263. The van der Waals surface area contributed by atoms with Crippen molar-refractivity contribution < 1.29 is 4.79 Å². The predicted octanol–water partition coefficient (Wildman–Crippen LogP) is 1.81. The quantitative estimate of drug-likeness (QED) is 0.765. The first kappa shape index (κ1) is 11.9. The molecule has 0 atom stereocenters. The van der Waals surface area contributed by atoms with Gasteiger partial charge in [0, 0.05) is 6.04 Å². The fourth-order valence-electron chi connectivity index (χ4n) is 3.16. The highest BCUT2D eigenvalue weighted by atomic mass is 16.1. The molecule has 2 saturated carbocycles. The molecule has 1 amide bonds. The average Bonchev–Trinajstić information content (AvgIpc) is 2.61. The molecule has 0 aromatic rings. The van der Waals surface area contributed by atoms with Gasteiger partial charge in [0.1, 0.15) is 0 Å². The van der Waals surface area contributed by atoms with Crippen molar-refractivity contribution >= 4 is 5.91 Å². The maximum atomic E-state index is 11.6. The number of rotatable bonds is 4. The zero-order valence-corrected chi connectivity index (χ0v) is 10.5. The molecule has 16 heavy (non-hydrogen) atoms. The van der Waals surface area contributed by atoms with Crippen molar-refractivity contribution in [1.29, 1.82) is 0 Å². The first-order valence-corrected chi connectivity index (χ1v) is 6.61. The standard InChI is InChI=1S/C13H24N2O/c1-9(2)10-7-13(8-10,12(14)16)15-11-5-3-4-6-11/h9-11,15H,3-8H2,1-2H3,(H2,14,16). The van der Waals surface area contributed by atoms with E-state index < -0.39 is 0 Å². The number of hydrogen-bond donors (Lipinski definition) is 2. The minimum atomic E-state index is -0.371. The Morgan fingerprint density at radius 2 is 1.88 bits per heavy atom. The lowest BCUT2D eigenvalue weighted by molar-refractivity contribution is -0.131. The fourth-order valence-corrected chi connectivity index (χ4v) is 3.16. The van der Waals surface area contributed by atoms with Crippen LogP contribution in [0.3, 0.4) is 0 Å². The third-order valence-electron chi connectivity index (χ3n) is 4.47. The van der Waals surface area contributed by atoms with Crippen LogP contribution in [-0.4, -0.2) is 17.5 Å². The van der Waals surface area contributed by atoms with Gasteiger partial charge < -0.3 is 11.1 Å². The third kappa shape index (κ3) is 2.10. The van der Waals surface area contributed by atoms with Gasteiger partial charge in [-0.3, -0.25) is 4.79 Å². The van der Waals surface area contributed by atoms with Crippen molar-refractivity contribution in [1.82, 2.24) is 5.32 Å². The highest BCUT2D eigenvalue weighted by Crippen LogP contribution is 2.43. The normalized spacial score (nSPS) is 35.3. The van der Waals surface area contributed by atoms with Crippen molar-refractivity contribution in [2.75, 3.05) is 0 Å². The highest BCUT2D eigenvalue weighted by molar-refractivity contribution is 5.86. The number of carbonyl (C=O) groups excluding carboxylic acids is 1. The summed E-state index contributed by atoms with van der Waals surface area (Å²) in [7, 11) is 0. The lowest BCUT2D eigenvalue weighted by Gasteiger charge is -2.49. The van der Waals surface area contributed by atoms with E-state index in [4.69, 9.17) is 5.73 Å². The van der Waals surface area contributed by atoms with E-state index in [0.29, 0.717) is 17.9 Å². The van der Waals surface area contributed by atoms with Crippen LogP contribution >= 0.6 is 0 Å². The van der Waals surface area contributed by atoms with E-state index in [2.05, 4.69) is 19.2 Å². The van der Waals surface area contributed by atoms with Crippen LogP contribution in [0.25, 0.3) is 0 Å². The van der Waals surface area contributed by atoms with Gasteiger partial charge in [-0.1, -0.05) is 26.7 Å². The second-order valence-corrected chi connectivity index (χ2v) is 5.98. The van der Waals surface area contributed by atoms with Crippen LogP contribution < -0.4 is 11.1 Å². The Balaban J connectivity index is 1.94. The molecule has 3 N–H and O–H groups in total. The smallest absolute Gasteiger partial charge is 0.237 e. The van der Waals surface area contributed by atoms with Gasteiger partial charge in [-0.15, -0.1) is 0 Å². The Morgan fingerprint density at radius 3 is 2.31 bits per heavy atom. The van der Waals surface area contributed by atoms with E-state index in [0.717, 1.165) is 12.8 Å². The molecule has 92 valence electrons. The Labute approximate surface area is 98.2 Å². The van der Waals surface area contributed by atoms with Gasteiger partial charge in [0.2, 0.25) is 5.91 Å². The molecule has 0 aromatic heterocycles. The van der Waals surface area contributed by atoms with E-state index in [-0.39, 0.29) is 11.4 Å². The molecule has 2 fully saturated rings. The molecule has 0 heterocycles. The molecule has 0 spiro atoms. The van der Waals surface area contributed by atoms with E-state index in [1.165, 1.54) is 25.7 Å². The first-order chi connectivity index (χ1) is 7.53. The largest absolute Gasteiger partial charge is 0.368 e. The average molecular weight is 224 g/mol. The molecule has 0 bridgehead atoms. The summed E-state index contributed by atoms with van der Waals surface area (Å²) in [4.78, 5) is 11.6. The van der Waals surface area contributed by atoms with Gasteiger partial charge in [-0.25, -0.2) is 0 Å². The highest BCUT2D eigenvalue weighted by Gasteiger charge is 2.50. The third-order valence-corrected chi connectivity index (χ3v) is 4.47.